The second kappa shape index (κ2) is 6.86. The zero-order valence-corrected chi connectivity index (χ0v) is 16.3. The molecule has 0 aliphatic carbocycles. The van der Waals surface area contributed by atoms with Crippen LogP contribution in [0.3, 0.4) is 0 Å². The van der Waals surface area contributed by atoms with Crippen molar-refractivity contribution in [3.05, 3.63) is 59.9 Å². The lowest BCUT2D eigenvalue weighted by Crippen LogP contribution is -2.47. The number of fused-ring (bicyclic) bond motifs is 3. The van der Waals surface area contributed by atoms with Gasteiger partial charge in [0.15, 0.2) is 5.82 Å². The maximum Gasteiger partial charge on any atom is 0.416 e. The molecule has 0 amide bonds. The number of piperazine rings is 1. The van der Waals surface area contributed by atoms with Crippen molar-refractivity contribution in [2.75, 3.05) is 36.0 Å². The highest BCUT2D eigenvalue weighted by atomic mass is 19.4. The van der Waals surface area contributed by atoms with Gasteiger partial charge in [-0.3, -0.25) is 4.40 Å². The summed E-state index contributed by atoms with van der Waals surface area (Å²) in [6.45, 7) is 4.35. The molecule has 2 aromatic heterocycles. The molecule has 5 rings (SSSR count). The summed E-state index contributed by atoms with van der Waals surface area (Å²) in [7, 11) is 0. The van der Waals surface area contributed by atoms with Crippen LogP contribution in [0.2, 0.25) is 0 Å². The second-order valence-electron chi connectivity index (χ2n) is 7.35. The van der Waals surface area contributed by atoms with E-state index in [9.17, 15) is 13.2 Å². The summed E-state index contributed by atoms with van der Waals surface area (Å²) in [4.78, 5) is 8.92. The van der Waals surface area contributed by atoms with Gasteiger partial charge >= 0.3 is 6.18 Å². The molecular formula is C21H19F3N6. The van der Waals surface area contributed by atoms with Gasteiger partial charge in [-0.15, -0.1) is 10.2 Å². The minimum absolute atomic E-state index is 0.583. The molecule has 2 aromatic carbocycles. The number of nitrogens with zero attached hydrogens (tertiary/aromatic N) is 6. The number of benzene rings is 2. The molecule has 1 aliphatic rings. The van der Waals surface area contributed by atoms with Crippen LogP contribution in [0.4, 0.5) is 24.7 Å². The maximum atomic E-state index is 13.0. The lowest BCUT2D eigenvalue weighted by atomic mass is 10.1. The Balaban J connectivity index is 1.44. The van der Waals surface area contributed by atoms with Crippen LogP contribution in [-0.2, 0) is 6.18 Å². The molecule has 4 aromatic rings. The van der Waals surface area contributed by atoms with Crippen LogP contribution in [0, 0.1) is 6.92 Å². The van der Waals surface area contributed by atoms with E-state index in [0.29, 0.717) is 37.5 Å². The van der Waals surface area contributed by atoms with E-state index in [1.165, 1.54) is 12.1 Å². The van der Waals surface area contributed by atoms with Crippen molar-refractivity contribution < 1.29 is 13.2 Å². The molecule has 30 heavy (non-hydrogen) atoms. The van der Waals surface area contributed by atoms with Crippen LogP contribution in [-0.4, -0.2) is 45.8 Å². The van der Waals surface area contributed by atoms with Crippen LogP contribution in [0.1, 0.15) is 11.4 Å². The van der Waals surface area contributed by atoms with Crippen molar-refractivity contribution in [2.24, 2.45) is 0 Å². The van der Waals surface area contributed by atoms with E-state index in [1.807, 2.05) is 40.5 Å². The Hall–Kier alpha value is -3.36. The van der Waals surface area contributed by atoms with Gasteiger partial charge in [0.2, 0.25) is 5.65 Å². The van der Waals surface area contributed by atoms with Crippen LogP contribution >= 0.6 is 0 Å². The maximum absolute atomic E-state index is 13.0. The van der Waals surface area contributed by atoms with Gasteiger partial charge in [0.05, 0.1) is 16.6 Å². The number of aryl methyl sites for hydroxylation is 1. The third-order valence-corrected chi connectivity index (χ3v) is 5.49. The van der Waals surface area contributed by atoms with Gasteiger partial charge in [0.1, 0.15) is 5.82 Å². The summed E-state index contributed by atoms with van der Waals surface area (Å²) in [5.74, 6) is 1.53. The summed E-state index contributed by atoms with van der Waals surface area (Å²) >= 11 is 0. The van der Waals surface area contributed by atoms with Gasteiger partial charge in [-0.05, 0) is 37.3 Å². The Morgan fingerprint density at radius 3 is 2.37 bits per heavy atom. The lowest BCUT2D eigenvalue weighted by molar-refractivity contribution is -0.137. The first kappa shape index (κ1) is 18.7. The van der Waals surface area contributed by atoms with Crippen LogP contribution in [0.5, 0.6) is 0 Å². The van der Waals surface area contributed by atoms with E-state index in [-0.39, 0.29) is 0 Å². The molecule has 0 saturated carbocycles. The average Bonchev–Trinajstić information content (AvgIpc) is 3.15. The minimum Gasteiger partial charge on any atom is -0.368 e. The summed E-state index contributed by atoms with van der Waals surface area (Å²) in [5, 5.41) is 8.56. The van der Waals surface area contributed by atoms with Crippen molar-refractivity contribution in [3.63, 3.8) is 0 Å². The highest BCUT2D eigenvalue weighted by Gasteiger charge is 2.31. The molecule has 1 saturated heterocycles. The van der Waals surface area contributed by atoms with E-state index in [2.05, 4.69) is 15.1 Å². The number of aromatic nitrogens is 4. The molecule has 154 valence electrons. The Morgan fingerprint density at radius 2 is 1.60 bits per heavy atom. The predicted octanol–water partition coefficient (Wildman–Crippen LogP) is 3.93. The lowest BCUT2D eigenvalue weighted by Gasteiger charge is -2.37. The first-order chi connectivity index (χ1) is 14.4. The van der Waals surface area contributed by atoms with Gasteiger partial charge in [0.25, 0.3) is 0 Å². The third kappa shape index (κ3) is 3.10. The number of alkyl halides is 3. The first-order valence-corrected chi connectivity index (χ1v) is 9.69. The molecule has 0 unspecified atom stereocenters. The number of anilines is 2. The topological polar surface area (TPSA) is 49.6 Å². The van der Waals surface area contributed by atoms with Crippen molar-refractivity contribution in [1.29, 1.82) is 0 Å². The predicted molar refractivity (Wildman–Crippen MR) is 109 cm³/mol. The van der Waals surface area contributed by atoms with E-state index in [1.54, 1.807) is 6.07 Å². The summed E-state index contributed by atoms with van der Waals surface area (Å²) < 4.78 is 41.1. The summed E-state index contributed by atoms with van der Waals surface area (Å²) in [6.07, 6.45) is -4.34. The second-order valence-corrected chi connectivity index (χ2v) is 7.35. The smallest absolute Gasteiger partial charge is 0.368 e. The zero-order chi connectivity index (χ0) is 20.9. The molecule has 1 fully saturated rings. The molecule has 0 atom stereocenters. The van der Waals surface area contributed by atoms with E-state index in [0.717, 1.165) is 28.7 Å². The fourth-order valence-electron chi connectivity index (χ4n) is 3.97. The molecule has 0 radical (unpaired) electrons. The zero-order valence-electron chi connectivity index (χ0n) is 16.3. The summed E-state index contributed by atoms with van der Waals surface area (Å²) in [6, 6.07) is 13.3. The quantitative estimate of drug-likeness (QED) is 0.499. The third-order valence-electron chi connectivity index (χ3n) is 5.49. The molecule has 9 heteroatoms. The van der Waals surface area contributed by atoms with E-state index >= 15 is 0 Å². The largest absolute Gasteiger partial charge is 0.416 e. The standard InChI is InChI=1S/C21H19F3N6/c1-14-26-27-20-19(25-17-7-2-3-8-18(17)30(14)20)29-11-9-28(10-12-29)16-6-4-5-15(13-16)21(22,23)24/h2-8,13H,9-12H2,1H3. The monoisotopic (exact) mass is 412 g/mol. The number of hydrogen-bond donors (Lipinski definition) is 0. The number of rotatable bonds is 2. The van der Waals surface area contributed by atoms with Gasteiger partial charge in [-0.25, -0.2) is 4.98 Å². The fourth-order valence-corrected chi connectivity index (χ4v) is 3.97. The van der Waals surface area contributed by atoms with Gasteiger partial charge in [-0.2, -0.15) is 13.2 Å². The normalized spacial score (nSPS) is 15.3. The minimum atomic E-state index is -4.34. The van der Waals surface area contributed by atoms with Crippen LogP contribution in [0.25, 0.3) is 16.7 Å². The Kier molecular flexibility index (Phi) is 4.27. The van der Waals surface area contributed by atoms with Crippen molar-refractivity contribution in [2.45, 2.75) is 13.1 Å². The van der Waals surface area contributed by atoms with E-state index < -0.39 is 11.7 Å². The Bertz CT molecular complexity index is 1220. The van der Waals surface area contributed by atoms with Gasteiger partial charge in [-0.1, -0.05) is 18.2 Å². The Labute approximate surface area is 170 Å². The van der Waals surface area contributed by atoms with Crippen LogP contribution < -0.4 is 9.80 Å². The SMILES string of the molecule is Cc1nnc2c(N3CCN(c4cccc(C(F)(F)F)c4)CC3)nc3ccccc3n12. The highest BCUT2D eigenvalue weighted by Crippen LogP contribution is 2.32. The molecule has 3 heterocycles. The number of hydrogen-bond acceptors (Lipinski definition) is 5. The van der Waals surface area contributed by atoms with E-state index in [4.69, 9.17) is 4.98 Å². The fraction of sp³-hybridized carbons (Fsp3) is 0.286. The van der Waals surface area contributed by atoms with Crippen LogP contribution in [0.15, 0.2) is 48.5 Å². The molecule has 1 aliphatic heterocycles. The van der Waals surface area contributed by atoms with Crippen molar-refractivity contribution in [3.8, 4) is 0 Å². The average molecular weight is 412 g/mol. The number of para-hydroxylation sites is 2. The molecule has 6 nitrogen and oxygen atoms in total. The van der Waals surface area contributed by atoms with Crippen molar-refractivity contribution >= 4 is 28.2 Å². The van der Waals surface area contributed by atoms with Gasteiger partial charge < -0.3 is 9.80 Å². The van der Waals surface area contributed by atoms with Gasteiger partial charge in [0, 0.05) is 31.9 Å². The molecule has 0 N–H and O–H groups in total. The first-order valence-electron chi connectivity index (χ1n) is 9.69. The molecule has 0 spiro atoms. The Morgan fingerprint density at radius 1 is 0.867 bits per heavy atom. The molecule has 0 bridgehead atoms. The highest BCUT2D eigenvalue weighted by molar-refractivity contribution is 5.83. The summed E-state index contributed by atoms with van der Waals surface area (Å²) in [5.41, 5.74) is 2.45. The van der Waals surface area contributed by atoms with Crippen molar-refractivity contribution in [1.82, 2.24) is 19.6 Å². The number of halogens is 3. The molecular weight excluding hydrogens is 393 g/mol.